The molecule has 0 amide bonds. The van der Waals surface area contributed by atoms with Gasteiger partial charge in [-0.1, -0.05) is 70.2 Å². The summed E-state index contributed by atoms with van der Waals surface area (Å²) in [5.74, 6) is -0.287. The molecule has 0 aliphatic heterocycles. The van der Waals surface area contributed by atoms with Crippen molar-refractivity contribution in [3.8, 4) is 0 Å². The Hall–Kier alpha value is -2.35. The second kappa shape index (κ2) is 7.41. The van der Waals surface area contributed by atoms with E-state index in [1.165, 1.54) is 48.4 Å². The van der Waals surface area contributed by atoms with E-state index in [0.717, 1.165) is 5.56 Å². The highest BCUT2D eigenvalue weighted by atomic mass is 16.5. The molecule has 2 aliphatic carbocycles. The predicted octanol–water partition coefficient (Wildman–Crippen LogP) is 6.69. The summed E-state index contributed by atoms with van der Waals surface area (Å²) in [5.41, 5.74) is 7.55. The minimum atomic E-state index is -0.287. The molecule has 2 nitrogen and oxygen atoms in total. The Morgan fingerprint density at radius 2 is 1.60 bits per heavy atom. The van der Waals surface area contributed by atoms with E-state index in [2.05, 4.69) is 70.2 Å². The van der Waals surface area contributed by atoms with Crippen molar-refractivity contribution in [1.82, 2.24) is 0 Å². The number of fused-ring (bicyclic) bond motifs is 1. The Kier molecular flexibility index (Phi) is 5.16. The number of ether oxygens (including phenoxy) is 1. The highest BCUT2D eigenvalue weighted by Crippen LogP contribution is 2.58. The van der Waals surface area contributed by atoms with Gasteiger partial charge in [0.2, 0.25) is 0 Å². The molecule has 30 heavy (non-hydrogen) atoms. The Labute approximate surface area is 181 Å². The number of benzene rings is 2. The largest absolute Gasteiger partial charge is 0.463 e. The summed E-state index contributed by atoms with van der Waals surface area (Å²) in [5, 5.41) is 0. The summed E-state index contributed by atoms with van der Waals surface area (Å²) in [7, 11) is 0. The second-order valence-corrected chi connectivity index (χ2v) is 10.3. The fourth-order valence-corrected chi connectivity index (χ4v) is 5.26. The van der Waals surface area contributed by atoms with E-state index < -0.39 is 0 Å². The third-order valence-electron chi connectivity index (χ3n) is 7.25. The number of carbonyl (C=O) groups is 1. The van der Waals surface area contributed by atoms with Crippen molar-refractivity contribution in [1.29, 1.82) is 0 Å². The molecule has 2 aromatic rings. The van der Waals surface area contributed by atoms with Crippen LogP contribution in [0.4, 0.5) is 0 Å². The molecule has 2 aromatic carbocycles. The molecular formula is C28H34O2. The van der Waals surface area contributed by atoms with Gasteiger partial charge in [0.1, 0.15) is 0 Å². The third kappa shape index (κ3) is 3.62. The predicted molar refractivity (Wildman–Crippen MR) is 124 cm³/mol. The quantitative estimate of drug-likeness (QED) is 0.411. The Balaban J connectivity index is 1.77. The molecule has 0 spiro atoms. The minimum Gasteiger partial charge on any atom is -0.463 e. The summed E-state index contributed by atoms with van der Waals surface area (Å²) in [6.07, 6.45) is 8.22. The van der Waals surface area contributed by atoms with Gasteiger partial charge in [-0.15, -0.1) is 0 Å². The number of hydrogen-bond acceptors (Lipinski definition) is 2. The number of esters is 1. The monoisotopic (exact) mass is 402 g/mol. The van der Waals surface area contributed by atoms with Gasteiger partial charge in [0, 0.05) is 11.5 Å². The van der Waals surface area contributed by atoms with Crippen LogP contribution in [0.2, 0.25) is 0 Å². The van der Waals surface area contributed by atoms with Crippen molar-refractivity contribution in [3.05, 3.63) is 76.4 Å². The zero-order chi connectivity index (χ0) is 21.6. The molecule has 0 aromatic heterocycles. The molecule has 0 N–H and O–H groups in total. The molecule has 1 saturated carbocycles. The van der Waals surface area contributed by atoms with Gasteiger partial charge in [0.05, 0.1) is 6.61 Å². The number of rotatable bonds is 5. The molecule has 2 aliphatic rings. The maximum absolute atomic E-state index is 11.7. The zero-order valence-corrected chi connectivity index (χ0v) is 19.0. The van der Waals surface area contributed by atoms with E-state index in [0.29, 0.717) is 6.61 Å². The van der Waals surface area contributed by atoms with Crippen LogP contribution in [-0.2, 0) is 25.8 Å². The zero-order valence-electron chi connectivity index (χ0n) is 19.0. The van der Waals surface area contributed by atoms with Crippen molar-refractivity contribution in [3.63, 3.8) is 0 Å². The molecule has 0 saturated heterocycles. The van der Waals surface area contributed by atoms with Crippen LogP contribution in [0.15, 0.2) is 48.5 Å². The molecule has 0 bridgehead atoms. The average molecular weight is 403 g/mol. The van der Waals surface area contributed by atoms with Crippen LogP contribution in [-0.4, -0.2) is 12.6 Å². The SMILES string of the molecule is CCOC(=O)/C=C/c1cccc(C2(c3cccc4c3C(C)(C)CCC4(C)C)CC2)c1. The van der Waals surface area contributed by atoms with E-state index >= 15 is 0 Å². The van der Waals surface area contributed by atoms with Crippen molar-refractivity contribution in [2.24, 2.45) is 0 Å². The fraction of sp³-hybridized carbons (Fsp3) is 0.464. The molecule has 4 rings (SSSR count). The molecule has 1 fully saturated rings. The first-order valence-electron chi connectivity index (χ1n) is 11.3. The average Bonchev–Trinajstić information content (AvgIpc) is 3.52. The van der Waals surface area contributed by atoms with Crippen molar-refractivity contribution >= 4 is 12.0 Å². The van der Waals surface area contributed by atoms with Crippen LogP contribution >= 0.6 is 0 Å². The van der Waals surface area contributed by atoms with Gasteiger partial charge in [-0.25, -0.2) is 4.79 Å². The highest BCUT2D eigenvalue weighted by molar-refractivity contribution is 5.87. The normalized spacial score (nSPS) is 20.6. The van der Waals surface area contributed by atoms with Crippen molar-refractivity contribution in [2.45, 2.75) is 76.5 Å². The lowest BCUT2D eigenvalue weighted by Gasteiger charge is -2.44. The van der Waals surface area contributed by atoms with E-state index in [9.17, 15) is 4.79 Å². The second-order valence-electron chi connectivity index (χ2n) is 10.3. The van der Waals surface area contributed by atoms with Gasteiger partial charge in [0.25, 0.3) is 0 Å². The van der Waals surface area contributed by atoms with Gasteiger partial charge < -0.3 is 4.74 Å². The van der Waals surface area contributed by atoms with E-state index in [1.54, 1.807) is 5.56 Å². The first-order chi connectivity index (χ1) is 14.2. The van der Waals surface area contributed by atoms with Crippen LogP contribution in [0.5, 0.6) is 0 Å². The van der Waals surface area contributed by atoms with Crippen LogP contribution in [0.1, 0.15) is 88.1 Å². The Bertz CT molecular complexity index is 989. The number of hydrogen-bond donors (Lipinski definition) is 0. The maximum Gasteiger partial charge on any atom is 0.330 e. The molecule has 0 atom stereocenters. The van der Waals surface area contributed by atoms with Crippen molar-refractivity contribution < 1.29 is 9.53 Å². The van der Waals surface area contributed by atoms with Crippen LogP contribution < -0.4 is 0 Å². The lowest BCUT2D eigenvalue weighted by atomic mass is 9.60. The topological polar surface area (TPSA) is 26.3 Å². The van der Waals surface area contributed by atoms with E-state index in [-0.39, 0.29) is 22.2 Å². The number of carbonyl (C=O) groups excluding carboxylic acids is 1. The van der Waals surface area contributed by atoms with Crippen LogP contribution in [0, 0.1) is 0 Å². The Morgan fingerprint density at radius 1 is 0.933 bits per heavy atom. The van der Waals surface area contributed by atoms with E-state index in [4.69, 9.17) is 4.74 Å². The molecular weight excluding hydrogens is 368 g/mol. The summed E-state index contributed by atoms with van der Waals surface area (Å²) in [4.78, 5) is 11.7. The summed E-state index contributed by atoms with van der Waals surface area (Å²) in [6, 6.07) is 15.7. The highest BCUT2D eigenvalue weighted by Gasteiger charge is 2.50. The first-order valence-corrected chi connectivity index (χ1v) is 11.3. The van der Waals surface area contributed by atoms with Gasteiger partial charge in [-0.05, 0) is 77.3 Å². The first kappa shape index (κ1) is 20.9. The fourth-order valence-electron chi connectivity index (χ4n) is 5.26. The van der Waals surface area contributed by atoms with Gasteiger partial charge in [-0.3, -0.25) is 0 Å². The van der Waals surface area contributed by atoms with Gasteiger partial charge >= 0.3 is 5.97 Å². The smallest absolute Gasteiger partial charge is 0.330 e. The van der Waals surface area contributed by atoms with Crippen LogP contribution in [0.3, 0.4) is 0 Å². The van der Waals surface area contributed by atoms with E-state index in [1.807, 2.05) is 13.0 Å². The lowest BCUT2D eigenvalue weighted by molar-refractivity contribution is -0.137. The lowest BCUT2D eigenvalue weighted by Crippen LogP contribution is -2.36. The van der Waals surface area contributed by atoms with Crippen LogP contribution in [0.25, 0.3) is 6.08 Å². The minimum absolute atomic E-state index is 0.101. The molecule has 0 unspecified atom stereocenters. The van der Waals surface area contributed by atoms with Crippen molar-refractivity contribution in [2.75, 3.05) is 6.61 Å². The summed E-state index contributed by atoms with van der Waals surface area (Å²) in [6.45, 7) is 11.8. The summed E-state index contributed by atoms with van der Waals surface area (Å²) >= 11 is 0. The van der Waals surface area contributed by atoms with Gasteiger partial charge in [-0.2, -0.15) is 0 Å². The Morgan fingerprint density at radius 3 is 2.30 bits per heavy atom. The third-order valence-corrected chi connectivity index (χ3v) is 7.25. The standard InChI is InChI=1S/C28H34O2/c1-6-30-24(29)14-13-20-9-7-10-21(19-20)28(17-18-28)23-12-8-11-22-25(23)27(4,5)16-15-26(22,2)3/h7-14,19H,6,15-18H2,1-5H3/b14-13+. The molecule has 2 heteroatoms. The molecule has 0 heterocycles. The molecule has 158 valence electrons. The van der Waals surface area contributed by atoms with Gasteiger partial charge in [0.15, 0.2) is 0 Å². The summed E-state index contributed by atoms with van der Waals surface area (Å²) < 4.78 is 5.02. The maximum atomic E-state index is 11.7. The molecule has 0 radical (unpaired) electrons.